The first-order chi connectivity index (χ1) is 16.8. The van der Waals surface area contributed by atoms with Gasteiger partial charge in [0, 0.05) is 18.2 Å². The van der Waals surface area contributed by atoms with Crippen LogP contribution in [0.2, 0.25) is 0 Å². The highest BCUT2D eigenvalue weighted by molar-refractivity contribution is 14.1. The summed E-state index contributed by atoms with van der Waals surface area (Å²) in [7, 11) is 1.58. The monoisotopic (exact) mass is 582 g/mol. The van der Waals surface area contributed by atoms with Crippen LogP contribution in [0.3, 0.4) is 0 Å². The molecule has 1 aliphatic heterocycles. The Labute approximate surface area is 217 Å². The maximum Gasteiger partial charge on any atom is 0.363 e. The van der Waals surface area contributed by atoms with Crippen LogP contribution in [0.25, 0.3) is 6.08 Å². The number of benzene rings is 3. The highest BCUT2D eigenvalue weighted by Crippen LogP contribution is 2.35. The Hall–Kier alpha value is -3.66. The van der Waals surface area contributed by atoms with Crippen LogP contribution in [-0.4, -0.2) is 24.9 Å². The van der Waals surface area contributed by atoms with Crippen LogP contribution in [0, 0.1) is 10.5 Å². The number of nitrogens with zero attached hydrogens (tertiary/aromatic N) is 1. The second-order valence-corrected chi connectivity index (χ2v) is 9.01. The maximum absolute atomic E-state index is 12.5. The number of methoxy groups -OCH3 is 1. The summed E-state index contributed by atoms with van der Waals surface area (Å²) >= 11 is 2.19. The molecule has 0 saturated heterocycles. The lowest BCUT2D eigenvalue weighted by molar-refractivity contribution is -0.129. The molecule has 3 aromatic carbocycles. The van der Waals surface area contributed by atoms with Crippen LogP contribution < -0.4 is 14.8 Å². The molecule has 0 saturated carbocycles. The number of cyclic esters (lactones) is 1. The van der Waals surface area contributed by atoms with E-state index in [0.29, 0.717) is 29.4 Å². The predicted molar refractivity (Wildman–Crippen MR) is 143 cm³/mol. The first kappa shape index (κ1) is 24.5. The number of nitrogens with one attached hydrogen (secondary N) is 1. The molecule has 3 aromatic rings. The molecule has 0 bridgehead atoms. The van der Waals surface area contributed by atoms with Crippen molar-refractivity contribution in [3.63, 3.8) is 0 Å². The van der Waals surface area contributed by atoms with Crippen molar-refractivity contribution >= 4 is 52.1 Å². The molecule has 0 unspecified atom stereocenters. The molecule has 1 aliphatic rings. The van der Waals surface area contributed by atoms with Gasteiger partial charge in [0.1, 0.15) is 6.61 Å². The molecule has 7 nitrogen and oxygen atoms in total. The molecule has 1 N–H and O–H groups in total. The van der Waals surface area contributed by atoms with Crippen molar-refractivity contribution in [3.8, 4) is 11.5 Å². The third kappa shape index (κ3) is 5.89. The lowest BCUT2D eigenvalue weighted by Gasteiger charge is -2.14. The summed E-state index contributed by atoms with van der Waals surface area (Å²) in [6, 6.07) is 18.6. The summed E-state index contributed by atoms with van der Waals surface area (Å²) in [6.07, 6.45) is 1.65. The van der Waals surface area contributed by atoms with E-state index in [9.17, 15) is 9.59 Å². The molecule has 0 radical (unpaired) electrons. The van der Waals surface area contributed by atoms with Gasteiger partial charge in [-0.05, 0) is 88.7 Å². The fraction of sp³-hybridized carbons (Fsp3) is 0.148. The number of amides is 1. The summed E-state index contributed by atoms with van der Waals surface area (Å²) in [4.78, 5) is 28.0. The van der Waals surface area contributed by atoms with Gasteiger partial charge in [-0.15, -0.1) is 0 Å². The Morgan fingerprint density at radius 2 is 1.89 bits per heavy atom. The van der Waals surface area contributed by atoms with Gasteiger partial charge in [-0.1, -0.05) is 24.3 Å². The van der Waals surface area contributed by atoms with Gasteiger partial charge in [-0.2, -0.15) is 0 Å². The fourth-order valence-electron chi connectivity index (χ4n) is 3.48. The largest absolute Gasteiger partial charge is 0.493 e. The molecule has 1 amide bonds. The van der Waals surface area contributed by atoms with Gasteiger partial charge in [-0.25, -0.2) is 9.79 Å². The zero-order valence-corrected chi connectivity index (χ0v) is 21.6. The van der Waals surface area contributed by atoms with Crippen molar-refractivity contribution in [2.45, 2.75) is 20.5 Å². The molecule has 1 heterocycles. The Kier molecular flexibility index (Phi) is 7.50. The molecule has 0 spiro atoms. The van der Waals surface area contributed by atoms with E-state index in [1.807, 2.05) is 37.3 Å². The smallest absolute Gasteiger partial charge is 0.363 e. The number of hydrogen-bond acceptors (Lipinski definition) is 6. The molecule has 8 heteroatoms. The number of aliphatic imine (C=N–C) groups is 1. The first-order valence-electron chi connectivity index (χ1n) is 10.8. The number of carbonyl (C=O) groups excluding carboxylic acids is 2. The molecular formula is C27H23IN2O5. The van der Waals surface area contributed by atoms with E-state index in [-0.39, 0.29) is 17.5 Å². The average Bonchev–Trinajstić information content (AvgIpc) is 3.19. The minimum absolute atomic E-state index is 0.163. The van der Waals surface area contributed by atoms with Gasteiger partial charge in [0.25, 0.3) is 0 Å². The van der Waals surface area contributed by atoms with E-state index in [0.717, 1.165) is 20.3 Å². The summed E-state index contributed by atoms with van der Waals surface area (Å²) < 4.78 is 17.8. The van der Waals surface area contributed by atoms with Crippen LogP contribution in [0.4, 0.5) is 5.69 Å². The number of halogens is 1. The van der Waals surface area contributed by atoms with Crippen LogP contribution in [0.15, 0.2) is 71.4 Å². The molecule has 178 valence electrons. The van der Waals surface area contributed by atoms with Gasteiger partial charge in [-0.3, -0.25) is 4.79 Å². The van der Waals surface area contributed by atoms with Crippen LogP contribution >= 0.6 is 22.6 Å². The number of rotatable bonds is 7. The zero-order valence-electron chi connectivity index (χ0n) is 19.4. The Balaban J connectivity index is 1.56. The molecular weight excluding hydrogens is 559 g/mol. The minimum Gasteiger partial charge on any atom is -0.493 e. The van der Waals surface area contributed by atoms with Crippen LogP contribution in [-0.2, 0) is 20.9 Å². The maximum atomic E-state index is 12.5. The quantitative estimate of drug-likeness (QED) is 0.226. The highest BCUT2D eigenvalue weighted by Gasteiger charge is 2.24. The number of carbonyl (C=O) groups is 2. The Morgan fingerprint density at radius 3 is 2.57 bits per heavy atom. The zero-order chi connectivity index (χ0) is 24.9. The first-order valence-corrected chi connectivity index (χ1v) is 11.9. The van der Waals surface area contributed by atoms with E-state index in [1.54, 1.807) is 43.5 Å². The Morgan fingerprint density at radius 1 is 1.14 bits per heavy atom. The number of anilines is 1. The molecule has 35 heavy (non-hydrogen) atoms. The third-order valence-corrected chi connectivity index (χ3v) is 6.06. The number of hydrogen-bond donors (Lipinski definition) is 1. The number of ether oxygens (including phenoxy) is 3. The van der Waals surface area contributed by atoms with Gasteiger partial charge in [0.2, 0.25) is 11.8 Å². The van der Waals surface area contributed by atoms with Gasteiger partial charge in [0.05, 0.1) is 10.7 Å². The molecule has 0 atom stereocenters. The van der Waals surface area contributed by atoms with E-state index in [1.165, 1.54) is 6.92 Å². The van der Waals surface area contributed by atoms with Crippen molar-refractivity contribution in [3.05, 3.63) is 92.2 Å². The van der Waals surface area contributed by atoms with Crippen molar-refractivity contribution < 1.29 is 23.8 Å². The van der Waals surface area contributed by atoms with E-state index in [4.69, 9.17) is 14.2 Å². The van der Waals surface area contributed by atoms with Gasteiger partial charge < -0.3 is 19.5 Å². The van der Waals surface area contributed by atoms with Gasteiger partial charge in [0.15, 0.2) is 17.2 Å². The predicted octanol–water partition coefficient (Wildman–Crippen LogP) is 5.49. The number of aryl methyl sites for hydroxylation is 1. The Bertz CT molecular complexity index is 1350. The normalized spacial score (nSPS) is 13.9. The second-order valence-electron chi connectivity index (χ2n) is 7.84. The van der Waals surface area contributed by atoms with Crippen LogP contribution in [0.1, 0.15) is 29.2 Å². The lowest BCUT2D eigenvalue weighted by atomic mass is 10.1. The van der Waals surface area contributed by atoms with E-state index >= 15 is 0 Å². The topological polar surface area (TPSA) is 86.2 Å². The average molecular weight is 582 g/mol. The standard InChI is InChI=1S/C27H23IN2O5/c1-16-6-4-5-7-20(16)15-34-25-22(28)12-18(14-24(25)33-3)13-23-27(32)35-26(30-23)19-8-10-21(11-9-19)29-17(2)31/h4-14H,15H2,1-3H3,(H,29,31)/b23-13-. The third-order valence-electron chi connectivity index (χ3n) is 5.26. The minimum atomic E-state index is -0.542. The molecule has 4 rings (SSSR count). The van der Waals surface area contributed by atoms with Crippen molar-refractivity contribution in [2.24, 2.45) is 4.99 Å². The molecule has 0 aliphatic carbocycles. The molecule has 0 aromatic heterocycles. The van der Waals surface area contributed by atoms with Crippen molar-refractivity contribution in [2.75, 3.05) is 12.4 Å². The van der Waals surface area contributed by atoms with E-state index in [2.05, 4.69) is 32.9 Å². The SMILES string of the molecule is COc1cc(/C=C2\N=C(c3ccc(NC(C)=O)cc3)OC2=O)cc(I)c1OCc1ccccc1C. The van der Waals surface area contributed by atoms with E-state index < -0.39 is 5.97 Å². The number of esters is 1. The summed E-state index contributed by atoms with van der Waals surface area (Å²) in [5.74, 6) is 0.692. The molecule has 0 fully saturated rings. The summed E-state index contributed by atoms with van der Waals surface area (Å²) in [5, 5.41) is 2.69. The van der Waals surface area contributed by atoms with Gasteiger partial charge >= 0.3 is 5.97 Å². The second kappa shape index (κ2) is 10.7. The fourth-order valence-corrected chi connectivity index (χ4v) is 4.26. The highest BCUT2D eigenvalue weighted by atomic mass is 127. The van der Waals surface area contributed by atoms with Crippen LogP contribution in [0.5, 0.6) is 11.5 Å². The summed E-state index contributed by atoms with van der Waals surface area (Å²) in [5.41, 5.74) is 4.43. The summed E-state index contributed by atoms with van der Waals surface area (Å²) in [6.45, 7) is 3.90. The lowest BCUT2D eigenvalue weighted by Crippen LogP contribution is -2.07. The van der Waals surface area contributed by atoms with Crippen molar-refractivity contribution in [1.29, 1.82) is 0 Å². The van der Waals surface area contributed by atoms with Crippen molar-refractivity contribution in [1.82, 2.24) is 0 Å².